The minimum absolute atomic E-state index is 0.351. The number of rotatable bonds is 2. The first-order valence-electron chi connectivity index (χ1n) is 6.14. The highest BCUT2D eigenvalue weighted by Crippen LogP contribution is 2.38. The summed E-state index contributed by atoms with van der Waals surface area (Å²) >= 11 is 1.96. The highest BCUT2D eigenvalue weighted by atomic mass is 32.2. The van der Waals surface area contributed by atoms with Gasteiger partial charge in [-0.15, -0.1) is 11.8 Å². The number of hydrogen-bond acceptors (Lipinski definition) is 2. The van der Waals surface area contributed by atoms with Crippen LogP contribution < -0.4 is 5.73 Å². The number of nitrogens with two attached hydrogens (primary N) is 1. The maximum atomic E-state index is 6.29. The Kier molecular flexibility index (Phi) is 3.93. The van der Waals surface area contributed by atoms with Gasteiger partial charge in [-0.05, 0) is 36.8 Å². The maximum absolute atomic E-state index is 6.29. The van der Waals surface area contributed by atoms with Crippen LogP contribution in [0.2, 0.25) is 0 Å². The molecule has 1 aliphatic carbocycles. The van der Waals surface area contributed by atoms with Crippen molar-refractivity contribution >= 4 is 11.8 Å². The van der Waals surface area contributed by atoms with Crippen LogP contribution in [0.25, 0.3) is 0 Å². The van der Waals surface area contributed by atoms with Gasteiger partial charge in [0.2, 0.25) is 0 Å². The highest BCUT2D eigenvalue weighted by Gasteiger charge is 2.32. The van der Waals surface area contributed by atoms with Gasteiger partial charge in [-0.3, -0.25) is 0 Å². The van der Waals surface area contributed by atoms with Crippen LogP contribution in [0.5, 0.6) is 0 Å². The topological polar surface area (TPSA) is 26.0 Å². The fourth-order valence-electron chi connectivity index (χ4n) is 2.75. The lowest BCUT2D eigenvalue weighted by Gasteiger charge is -2.37. The van der Waals surface area contributed by atoms with Gasteiger partial charge in [0.05, 0.1) is 0 Å². The van der Waals surface area contributed by atoms with Crippen LogP contribution >= 0.6 is 11.8 Å². The Morgan fingerprint density at radius 2 is 1.81 bits per heavy atom. The molecule has 1 saturated carbocycles. The summed E-state index contributed by atoms with van der Waals surface area (Å²) in [5.41, 5.74) is 6.29. The zero-order valence-electron chi connectivity index (χ0n) is 10.1. The van der Waals surface area contributed by atoms with Gasteiger partial charge in [-0.25, -0.2) is 0 Å². The van der Waals surface area contributed by atoms with Gasteiger partial charge >= 0.3 is 0 Å². The van der Waals surface area contributed by atoms with Crippen LogP contribution in [-0.4, -0.2) is 11.3 Å². The van der Waals surface area contributed by atoms with Crippen molar-refractivity contribution in [2.45, 2.75) is 42.9 Å². The van der Waals surface area contributed by atoms with E-state index in [1.807, 2.05) is 11.8 Å². The molecule has 2 N–H and O–H groups in total. The van der Waals surface area contributed by atoms with Crippen LogP contribution in [0, 0.1) is 11.8 Å². The maximum Gasteiger partial charge on any atom is 0.0272 e. The summed E-state index contributed by atoms with van der Waals surface area (Å²) in [6.07, 6.45) is 2.49. The second-order valence-corrected chi connectivity index (χ2v) is 6.36. The standard InChI is InChI=1S/C14H21NS/c1-10-8-11(2)14(13(15)9-10)16-12-6-4-3-5-7-12/h3-7,10-11,13-14H,8-9,15H2,1-2H3. The Hall–Kier alpha value is -0.470. The van der Waals surface area contributed by atoms with Crippen LogP contribution in [0.4, 0.5) is 0 Å². The molecule has 1 aliphatic rings. The normalized spacial score (nSPS) is 34.9. The molecular formula is C14H21NS. The number of thioether (sulfide) groups is 1. The summed E-state index contributed by atoms with van der Waals surface area (Å²) in [5, 5.41) is 0.582. The van der Waals surface area contributed by atoms with Crippen LogP contribution in [-0.2, 0) is 0 Å². The Morgan fingerprint density at radius 3 is 2.44 bits per heavy atom. The average Bonchev–Trinajstić information content (AvgIpc) is 2.25. The SMILES string of the molecule is CC1CC(C)C(Sc2ccccc2)C(N)C1. The Labute approximate surface area is 103 Å². The van der Waals surface area contributed by atoms with E-state index in [-0.39, 0.29) is 0 Å². The molecule has 4 atom stereocenters. The predicted octanol–water partition coefficient (Wildman–Crippen LogP) is 3.54. The molecule has 2 rings (SSSR count). The van der Waals surface area contributed by atoms with Gasteiger partial charge in [0, 0.05) is 16.2 Å². The molecule has 0 radical (unpaired) electrons. The van der Waals surface area contributed by atoms with Crippen molar-refractivity contribution in [1.29, 1.82) is 0 Å². The van der Waals surface area contributed by atoms with E-state index in [1.54, 1.807) is 0 Å². The van der Waals surface area contributed by atoms with Crippen molar-refractivity contribution in [3.63, 3.8) is 0 Å². The Bertz CT molecular complexity index is 313. The molecule has 0 aliphatic heterocycles. The summed E-state index contributed by atoms with van der Waals surface area (Å²) in [4.78, 5) is 1.35. The van der Waals surface area contributed by atoms with E-state index >= 15 is 0 Å². The van der Waals surface area contributed by atoms with Crippen molar-refractivity contribution in [1.82, 2.24) is 0 Å². The van der Waals surface area contributed by atoms with Gasteiger partial charge in [0.1, 0.15) is 0 Å². The first kappa shape index (κ1) is 12.0. The van der Waals surface area contributed by atoms with Crippen molar-refractivity contribution in [3.05, 3.63) is 30.3 Å². The lowest BCUT2D eigenvalue weighted by atomic mass is 9.80. The van der Waals surface area contributed by atoms with Gasteiger partial charge < -0.3 is 5.73 Å². The molecule has 0 amide bonds. The molecule has 2 heteroatoms. The molecule has 0 aromatic heterocycles. The van der Waals surface area contributed by atoms with E-state index in [4.69, 9.17) is 5.73 Å². The largest absolute Gasteiger partial charge is 0.327 e. The predicted molar refractivity (Wildman–Crippen MR) is 71.6 cm³/mol. The van der Waals surface area contributed by atoms with Crippen LogP contribution in [0.3, 0.4) is 0 Å². The molecule has 16 heavy (non-hydrogen) atoms. The Balaban J connectivity index is 2.03. The molecule has 0 spiro atoms. The van der Waals surface area contributed by atoms with Crippen molar-refractivity contribution in [2.24, 2.45) is 17.6 Å². The smallest absolute Gasteiger partial charge is 0.0272 e. The molecular weight excluding hydrogens is 214 g/mol. The monoisotopic (exact) mass is 235 g/mol. The quantitative estimate of drug-likeness (QED) is 0.848. The number of hydrogen-bond donors (Lipinski definition) is 1. The second kappa shape index (κ2) is 5.24. The van der Waals surface area contributed by atoms with E-state index in [0.29, 0.717) is 11.3 Å². The fourth-order valence-corrected chi connectivity index (χ4v) is 4.00. The molecule has 1 aromatic rings. The Morgan fingerprint density at radius 1 is 1.12 bits per heavy atom. The lowest BCUT2D eigenvalue weighted by molar-refractivity contribution is 0.279. The zero-order chi connectivity index (χ0) is 11.5. The molecule has 0 heterocycles. The lowest BCUT2D eigenvalue weighted by Crippen LogP contribution is -2.42. The molecule has 1 fully saturated rings. The first-order chi connectivity index (χ1) is 7.66. The van der Waals surface area contributed by atoms with E-state index in [2.05, 4.69) is 44.2 Å². The van der Waals surface area contributed by atoms with Gasteiger partial charge in [-0.1, -0.05) is 32.0 Å². The molecule has 0 bridgehead atoms. The third-order valence-corrected chi connectivity index (χ3v) is 5.08. The van der Waals surface area contributed by atoms with E-state index in [9.17, 15) is 0 Å². The van der Waals surface area contributed by atoms with Gasteiger partial charge in [0.25, 0.3) is 0 Å². The third kappa shape index (κ3) is 2.80. The van der Waals surface area contributed by atoms with Crippen molar-refractivity contribution in [2.75, 3.05) is 0 Å². The third-order valence-electron chi connectivity index (χ3n) is 3.45. The zero-order valence-corrected chi connectivity index (χ0v) is 10.9. The van der Waals surface area contributed by atoms with E-state index in [0.717, 1.165) is 11.8 Å². The van der Waals surface area contributed by atoms with E-state index < -0.39 is 0 Å². The van der Waals surface area contributed by atoms with Gasteiger partial charge in [-0.2, -0.15) is 0 Å². The van der Waals surface area contributed by atoms with Gasteiger partial charge in [0.15, 0.2) is 0 Å². The number of benzene rings is 1. The fraction of sp³-hybridized carbons (Fsp3) is 0.571. The molecule has 1 aromatic carbocycles. The summed E-state index contributed by atoms with van der Waals surface area (Å²) in [6.45, 7) is 4.66. The summed E-state index contributed by atoms with van der Waals surface area (Å²) in [6, 6.07) is 11.0. The summed E-state index contributed by atoms with van der Waals surface area (Å²) < 4.78 is 0. The summed E-state index contributed by atoms with van der Waals surface area (Å²) in [5.74, 6) is 1.52. The summed E-state index contributed by atoms with van der Waals surface area (Å²) in [7, 11) is 0. The molecule has 1 nitrogen and oxygen atoms in total. The first-order valence-corrected chi connectivity index (χ1v) is 7.02. The van der Waals surface area contributed by atoms with Crippen LogP contribution in [0.15, 0.2) is 35.2 Å². The van der Waals surface area contributed by atoms with E-state index in [1.165, 1.54) is 17.7 Å². The average molecular weight is 235 g/mol. The molecule has 88 valence electrons. The minimum Gasteiger partial charge on any atom is -0.327 e. The molecule has 4 unspecified atom stereocenters. The highest BCUT2D eigenvalue weighted by molar-refractivity contribution is 8.00. The van der Waals surface area contributed by atoms with Crippen molar-refractivity contribution in [3.8, 4) is 0 Å². The molecule has 0 saturated heterocycles. The van der Waals surface area contributed by atoms with Crippen molar-refractivity contribution < 1.29 is 0 Å². The van der Waals surface area contributed by atoms with Crippen LogP contribution in [0.1, 0.15) is 26.7 Å². The second-order valence-electron chi connectivity index (χ2n) is 5.11. The minimum atomic E-state index is 0.351.